The smallest absolute Gasteiger partial charge is 0.287 e. The zero-order chi connectivity index (χ0) is 21.8. The Kier molecular flexibility index (Phi) is 6.52. The van der Waals surface area contributed by atoms with E-state index in [4.69, 9.17) is 4.42 Å². The van der Waals surface area contributed by atoms with Gasteiger partial charge < -0.3 is 9.73 Å². The molecular formula is C26H30N2O3. The van der Waals surface area contributed by atoms with Gasteiger partial charge in [0.25, 0.3) is 5.91 Å². The van der Waals surface area contributed by atoms with Crippen molar-refractivity contribution in [2.75, 3.05) is 19.6 Å². The molecule has 1 aliphatic heterocycles. The fraction of sp³-hybridized carbons (Fsp3) is 0.385. The summed E-state index contributed by atoms with van der Waals surface area (Å²) >= 11 is 0. The van der Waals surface area contributed by atoms with Gasteiger partial charge in [-0.1, -0.05) is 56.7 Å². The molecule has 5 heteroatoms. The first-order valence-electron chi connectivity index (χ1n) is 11.2. The molecular weight excluding hydrogens is 388 g/mol. The zero-order valence-corrected chi connectivity index (χ0v) is 18.3. The van der Waals surface area contributed by atoms with Crippen LogP contribution in [0.15, 0.2) is 63.8 Å². The third kappa shape index (κ3) is 4.88. The van der Waals surface area contributed by atoms with E-state index in [0.717, 1.165) is 13.1 Å². The van der Waals surface area contributed by atoms with Gasteiger partial charge in [-0.25, -0.2) is 0 Å². The highest BCUT2D eigenvalue weighted by atomic mass is 16.3. The van der Waals surface area contributed by atoms with Crippen molar-refractivity contribution in [2.24, 2.45) is 0 Å². The van der Waals surface area contributed by atoms with E-state index < -0.39 is 0 Å². The Balaban J connectivity index is 1.54. The molecule has 0 radical (unpaired) electrons. The number of likely N-dealkylation sites (tertiary alicyclic amines) is 1. The van der Waals surface area contributed by atoms with Crippen LogP contribution in [-0.2, 0) is 0 Å². The highest BCUT2D eigenvalue weighted by Crippen LogP contribution is 2.26. The Morgan fingerprint density at radius 2 is 1.68 bits per heavy atom. The number of piperidine rings is 1. The van der Waals surface area contributed by atoms with E-state index in [2.05, 4.69) is 48.3 Å². The summed E-state index contributed by atoms with van der Waals surface area (Å²) < 4.78 is 5.70. The summed E-state index contributed by atoms with van der Waals surface area (Å²) in [7, 11) is 0. The van der Waals surface area contributed by atoms with Crippen LogP contribution in [0.3, 0.4) is 0 Å². The number of para-hydroxylation sites is 1. The molecule has 1 unspecified atom stereocenters. The van der Waals surface area contributed by atoms with Gasteiger partial charge in [-0.05, 0) is 55.1 Å². The van der Waals surface area contributed by atoms with Crippen molar-refractivity contribution >= 4 is 16.9 Å². The molecule has 1 fully saturated rings. The summed E-state index contributed by atoms with van der Waals surface area (Å²) in [5, 5.41) is 3.49. The largest absolute Gasteiger partial charge is 0.451 e. The normalized spacial score (nSPS) is 15.8. The average Bonchev–Trinajstić information content (AvgIpc) is 2.80. The van der Waals surface area contributed by atoms with Gasteiger partial charge in [0.1, 0.15) is 5.58 Å². The van der Waals surface area contributed by atoms with Crippen LogP contribution < -0.4 is 10.7 Å². The number of hydrogen-bond acceptors (Lipinski definition) is 4. The monoisotopic (exact) mass is 418 g/mol. The van der Waals surface area contributed by atoms with Crippen LogP contribution in [0.2, 0.25) is 0 Å². The molecule has 5 nitrogen and oxygen atoms in total. The molecule has 3 aromatic rings. The lowest BCUT2D eigenvalue weighted by Crippen LogP contribution is -2.40. The second-order valence-corrected chi connectivity index (χ2v) is 8.61. The van der Waals surface area contributed by atoms with Crippen molar-refractivity contribution in [3.63, 3.8) is 0 Å². The third-order valence-electron chi connectivity index (χ3n) is 6.13. The maximum absolute atomic E-state index is 12.8. The Labute approximate surface area is 183 Å². The zero-order valence-electron chi connectivity index (χ0n) is 18.3. The molecule has 31 heavy (non-hydrogen) atoms. The minimum absolute atomic E-state index is 0.0521. The van der Waals surface area contributed by atoms with E-state index in [9.17, 15) is 9.59 Å². The molecule has 1 aromatic heterocycles. The second kappa shape index (κ2) is 9.48. The van der Waals surface area contributed by atoms with Gasteiger partial charge in [-0.15, -0.1) is 0 Å². The first kappa shape index (κ1) is 21.3. The van der Waals surface area contributed by atoms with Crippen LogP contribution in [0.5, 0.6) is 0 Å². The van der Waals surface area contributed by atoms with E-state index >= 15 is 0 Å². The summed E-state index contributed by atoms with van der Waals surface area (Å²) in [4.78, 5) is 27.6. The van der Waals surface area contributed by atoms with Crippen molar-refractivity contribution in [3.8, 4) is 0 Å². The van der Waals surface area contributed by atoms with Crippen LogP contribution in [0.4, 0.5) is 0 Å². The highest BCUT2D eigenvalue weighted by molar-refractivity contribution is 5.93. The average molecular weight is 419 g/mol. The Bertz CT molecular complexity index is 1100. The molecule has 0 aliphatic carbocycles. The third-order valence-corrected chi connectivity index (χ3v) is 6.13. The molecule has 1 saturated heterocycles. The molecule has 0 bridgehead atoms. The summed E-state index contributed by atoms with van der Waals surface area (Å²) in [6, 6.07) is 17.1. The summed E-state index contributed by atoms with van der Waals surface area (Å²) in [5.41, 5.74) is 2.73. The molecule has 2 heterocycles. The van der Waals surface area contributed by atoms with E-state index in [1.54, 1.807) is 24.3 Å². The number of nitrogens with zero attached hydrogens (tertiary/aromatic N) is 1. The Morgan fingerprint density at radius 3 is 2.39 bits per heavy atom. The number of benzene rings is 2. The number of amides is 1. The van der Waals surface area contributed by atoms with Gasteiger partial charge in [0.2, 0.25) is 0 Å². The molecule has 162 valence electrons. The van der Waals surface area contributed by atoms with Crippen LogP contribution in [0.1, 0.15) is 66.8 Å². The maximum atomic E-state index is 12.8. The van der Waals surface area contributed by atoms with Crippen molar-refractivity contribution in [3.05, 3.63) is 81.7 Å². The van der Waals surface area contributed by atoms with Gasteiger partial charge in [-0.3, -0.25) is 14.5 Å². The molecule has 1 atom stereocenters. The molecule has 2 aromatic carbocycles. The standard InChI is InChI=1S/C26H30N2O3/c1-18(2)19-10-12-20(13-11-19)22(28-14-6-3-7-15-28)17-27-26(30)25-16-23(29)21-8-4-5-9-24(21)31-25/h4-5,8-13,16,18,22H,3,6-7,14-15,17H2,1-2H3,(H,27,30). The van der Waals surface area contributed by atoms with Crippen LogP contribution in [0.25, 0.3) is 11.0 Å². The van der Waals surface area contributed by atoms with Gasteiger partial charge >= 0.3 is 0 Å². The maximum Gasteiger partial charge on any atom is 0.287 e. The fourth-order valence-electron chi connectivity index (χ4n) is 4.28. The predicted molar refractivity (Wildman–Crippen MR) is 124 cm³/mol. The second-order valence-electron chi connectivity index (χ2n) is 8.61. The number of nitrogens with one attached hydrogen (secondary N) is 1. The molecule has 1 aliphatic rings. The summed E-state index contributed by atoms with van der Waals surface area (Å²) in [6.07, 6.45) is 3.60. The minimum atomic E-state index is -0.358. The molecule has 1 N–H and O–H groups in total. The van der Waals surface area contributed by atoms with Crippen LogP contribution >= 0.6 is 0 Å². The van der Waals surface area contributed by atoms with Crippen LogP contribution in [-0.4, -0.2) is 30.4 Å². The van der Waals surface area contributed by atoms with Crippen molar-refractivity contribution in [1.82, 2.24) is 10.2 Å². The lowest BCUT2D eigenvalue weighted by Gasteiger charge is -2.35. The number of rotatable bonds is 6. The Morgan fingerprint density at radius 1 is 1.00 bits per heavy atom. The van der Waals surface area contributed by atoms with E-state index in [1.165, 1.54) is 36.5 Å². The fourth-order valence-corrected chi connectivity index (χ4v) is 4.28. The van der Waals surface area contributed by atoms with Gasteiger partial charge in [0.05, 0.1) is 11.4 Å². The van der Waals surface area contributed by atoms with Gasteiger partial charge in [0.15, 0.2) is 11.2 Å². The number of hydrogen-bond donors (Lipinski definition) is 1. The van der Waals surface area contributed by atoms with E-state index in [0.29, 0.717) is 23.4 Å². The lowest BCUT2D eigenvalue weighted by atomic mass is 9.97. The minimum Gasteiger partial charge on any atom is -0.451 e. The van der Waals surface area contributed by atoms with E-state index in [-0.39, 0.29) is 23.1 Å². The number of carbonyl (C=O) groups excluding carboxylic acids is 1. The lowest BCUT2D eigenvalue weighted by molar-refractivity contribution is 0.0897. The van der Waals surface area contributed by atoms with Crippen molar-refractivity contribution < 1.29 is 9.21 Å². The molecule has 4 rings (SSSR count). The molecule has 1 amide bonds. The highest BCUT2D eigenvalue weighted by Gasteiger charge is 2.24. The molecule has 0 spiro atoms. The number of carbonyl (C=O) groups is 1. The van der Waals surface area contributed by atoms with Crippen LogP contribution in [0, 0.1) is 0 Å². The van der Waals surface area contributed by atoms with Crippen molar-refractivity contribution in [1.29, 1.82) is 0 Å². The SMILES string of the molecule is CC(C)c1ccc(C(CNC(=O)c2cc(=O)c3ccccc3o2)N2CCCCC2)cc1. The first-order valence-corrected chi connectivity index (χ1v) is 11.2. The Hall–Kier alpha value is -2.92. The topological polar surface area (TPSA) is 62.6 Å². The number of fused-ring (bicyclic) bond motifs is 1. The molecule has 0 saturated carbocycles. The summed E-state index contributed by atoms with van der Waals surface area (Å²) in [6.45, 7) is 6.90. The predicted octanol–water partition coefficient (Wildman–Crippen LogP) is 4.87. The quantitative estimate of drug-likeness (QED) is 0.620. The van der Waals surface area contributed by atoms with E-state index in [1.807, 2.05) is 0 Å². The first-order chi connectivity index (χ1) is 15.0. The summed E-state index contributed by atoms with van der Waals surface area (Å²) in [5.74, 6) is 0.179. The van der Waals surface area contributed by atoms with Crippen molar-refractivity contribution in [2.45, 2.75) is 45.1 Å². The van der Waals surface area contributed by atoms with Gasteiger partial charge in [0, 0.05) is 12.6 Å². The van der Waals surface area contributed by atoms with Gasteiger partial charge in [-0.2, -0.15) is 0 Å².